The molecular formula is C26H33N3O2. The van der Waals surface area contributed by atoms with Crippen LogP contribution in [0.4, 0.5) is 0 Å². The lowest BCUT2D eigenvalue weighted by atomic mass is 9.89. The first-order valence-electron chi connectivity index (χ1n) is 11.3. The molecule has 0 N–H and O–H groups in total. The summed E-state index contributed by atoms with van der Waals surface area (Å²) in [7, 11) is 6.01. The van der Waals surface area contributed by atoms with Gasteiger partial charge in [0.1, 0.15) is 5.75 Å². The average Bonchev–Trinajstić information content (AvgIpc) is 3.59. The van der Waals surface area contributed by atoms with Crippen molar-refractivity contribution in [2.45, 2.75) is 38.6 Å². The van der Waals surface area contributed by atoms with Crippen molar-refractivity contribution < 1.29 is 4.74 Å². The number of hydrogen-bond acceptors (Lipinski definition) is 4. The van der Waals surface area contributed by atoms with Crippen molar-refractivity contribution in [2.24, 2.45) is 18.9 Å². The minimum Gasteiger partial charge on any atom is -0.493 e. The lowest BCUT2D eigenvalue weighted by Gasteiger charge is -2.31. The predicted octanol–water partition coefficient (Wildman–Crippen LogP) is 4.59. The van der Waals surface area contributed by atoms with Gasteiger partial charge in [-0.15, -0.1) is 0 Å². The van der Waals surface area contributed by atoms with Crippen LogP contribution in [-0.4, -0.2) is 35.4 Å². The van der Waals surface area contributed by atoms with E-state index in [-0.39, 0.29) is 5.56 Å². The summed E-state index contributed by atoms with van der Waals surface area (Å²) in [6, 6.07) is 16.7. The van der Waals surface area contributed by atoms with Crippen molar-refractivity contribution in [1.29, 1.82) is 0 Å². The van der Waals surface area contributed by atoms with Crippen LogP contribution < -0.4 is 10.3 Å². The first-order valence-corrected chi connectivity index (χ1v) is 11.3. The predicted molar refractivity (Wildman–Crippen MR) is 126 cm³/mol. The number of fused-ring (bicyclic) bond motifs is 1. The van der Waals surface area contributed by atoms with E-state index >= 15 is 0 Å². The summed E-state index contributed by atoms with van der Waals surface area (Å²) in [6.07, 6.45) is 4.43. The molecule has 1 saturated carbocycles. The number of benzene rings is 2. The first-order chi connectivity index (χ1) is 14.9. The van der Waals surface area contributed by atoms with E-state index in [1.54, 1.807) is 7.05 Å². The van der Waals surface area contributed by atoms with Crippen molar-refractivity contribution in [3.05, 3.63) is 70.1 Å². The van der Waals surface area contributed by atoms with Gasteiger partial charge in [-0.05, 0) is 75.4 Å². The molecule has 5 nitrogen and oxygen atoms in total. The molecule has 3 aromatic rings. The zero-order valence-corrected chi connectivity index (χ0v) is 19.0. The van der Waals surface area contributed by atoms with Gasteiger partial charge in [0.05, 0.1) is 17.7 Å². The first kappa shape index (κ1) is 21.6. The Morgan fingerprint density at radius 3 is 2.42 bits per heavy atom. The van der Waals surface area contributed by atoms with Crippen LogP contribution in [0, 0.1) is 11.8 Å². The van der Waals surface area contributed by atoms with Crippen molar-refractivity contribution in [3.63, 3.8) is 0 Å². The van der Waals surface area contributed by atoms with Gasteiger partial charge in [-0.1, -0.05) is 37.3 Å². The van der Waals surface area contributed by atoms with E-state index in [0.717, 1.165) is 47.6 Å². The van der Waals surface area contributed by atoms with Crippen LogP contribution >= 0.6 is 0 Å². The number of hydrogen-bond donors (Lipinski definition) is 0. The maximum atomic E-state index is 12.4. The van der Waals surface area contributed by atoms with Gasteiger partial charge in [0, 0.05) is 18.5 Å². The van der Waals surface area contributed by atoms with E-state index in [9.17, 15) is 4.79 Å². The molecule has 0 spiro atoms. The SMILES string of the molecule is C[C@H](CCc1nn(C)c(=O)c2ccccc12)[C@H](c1ccc(OCC2CC2)cc1)N(C)C. The Kier molecular flexibility index (Phi) is 6.42. The second kappa shape index (κ2) is 9.23. The van der Waals surface area contributed by atoms with Crippen LogP contribution in [0.5, 0.6) is 5.75 Å². The molecule has 2 aromatic carbocycles. The minimum atomic E-state index is -0.0393. The highest BCUT2D eigenvalue weighted by atomic mass is 16.5. The highest BCUT2D eigenvalue weighted by molar-refractivity contribution is 5.83. The number of nitrogens with zero attached hydrogens (tertiary/aromatic N) is 3. The third kappa shape index (κ3) is 4.99. The summed E-state index contributed by atoms with van der Waals surface area (Å²) in [5, 5.41) is 6.29. The summed E-state index contributed by atoms with van der Waals surface area (Å²) in [4.78, 5) is 14.7. The molecule has 4 rings (SSSR count). The maximum Gasteiger partial charge on any atom is 0.274 e. The summed E-state index contributed by atoms with van der Waals surface area (Å²) >= 11 is 0. The van der Waals surface area contributed by atoms with Gasteiger partial charge >= 0.3 is 0 Å². The van der Waals surface area contributed by atoms with Crippen molar-refractivity contribution in [2.75, 3.05) is 20.7 Å². The fourth-order valence-corrected chi connectivity index (χ4v) is 4.48. The molecule has 0 aliphatic heterocycles. The Morgan fingerprint density at radius 2 is 1.77 bits per heavy atom. The molecule has 0 radical (unpaired) electrons. The quantitative estimate of drug-likeness (QED) is 0.509. The van der Waals surface area contributed by atoms with Gasteiger partial charge in [-0.3, -0.25) is 4.79 Å². The number of aryl methyl sites for hydroxylation is 2. The van der Waals surface area contributed by atoms with E-state index in [2.05, 4.69) is 55.3 Å². The van der Waals surface area contributed by atoms with Crippen molar-refractivity contribution >= 4 is 10.8 Å². The molecule has 0 amide bonds. The molecule has 1 aromatic heterocycles. The Balaban J connectivity index is 1.48. The second-order valence-electron chi connectivity index (χ2n) is 9.17. The van der Waals surface area contributed by atoms with Crippen LogP contribution in [0.2, 0.25) is 0 Å². The number of ether oxygens (including phenoxy) is 1. The van der Waals surface area contributed by atoms with Gasteiger partial charge < -0.3 is 9.64 Å². The topological polar surface area (TPSA) is 47.4 Å². The van der Waals surface area contributed by atoms with E-state index < -0.39 is 0 Å². The molecule has 31 heavy (non-hydrogen) atoms. The monoisotopic (exact) mass is 419 g/mol. The van der Waals surface area contributed by atoms with Crippen LogP contribution in [0.3, 0.4) is 0 Å². The Morgan fingerprint density at radius 1 is 1.10 bits per heavy atom. The minimum absolute atomic E-state index is 0.0393. The summed E-state index contributed by atoms with van der Waals surface area (Å²) in [5.41, 5.74) is 2.25. The fraction of sp³-hybridized carbons (Fsp3) is 0.462. The molecule has 0 saturated heterocycles. The molecule has 0 unspecified atom stereocenters. The molecule has 1 aliphatic rings. The van der Waals surface area contributed by atoms with Crippen LogP contribution in [-0.2, 0) is 13.5 Å². The van der Waals surface area contributed by atoms with Gasteiger partial charge in [0.25, 0.3) is 5.56 Å². The molecule has 1 aliphatic carbocycles. The Hall–Kier alpha value is -2.66. The average molecular weight is 420 g/mol. The highest BCUT2D eigenvalue weighted by Gasteiger charge is 2.24. The molecule has 0 bridgehead atoms. The summed E-state index contributed by atoms with van der Waals surface area (Å²) in [6.45, 7) is 3.14. The molecule has 1 heterocycles. The molecule has 1 fully saturated rings. The molecule has 5 heteroatoms. The zero-order valence-electron chi connectivity index (χ0n) is 19.0. The van der Waals surface area contributed by atoms with Crippen molar-refractivity contribution in [1.82, 2.24) is 14.7 Å². The van der Waals surface area contributed by atoms with Gasteiger partial charge in [0.2, 0.25) is 0 Å². The Labute approximate surface area is 184 Å². The third-order valence-corrected chi connectivity index (χ3v) is 6.37. The van der Waals surface area contributed by atoms with E-state index in [0.29, 0.717) is 12.0 Å². The van der Waals surface area contributed by atoms with Gasteiger partial charge in [-0.25, -0.2) is 4.68 Å². The lowest BCUT2D eigenvalue weighted by Crippen LogP contribution is -2.27. The number of rotatable bonds is 9. The Bertz CT molecular complexity index is 1080. The smallest absolute Gasteiger partial charge is 0.274 e. The van der Waals surface area contributed by atoms with E-state index in [1.807, 2.05) is 24.3 Å². The normalized spacial score (nSPS) is 15.9. The second-order valence-corrected chi connectivity index (χ2v) is 9.17. The van der Waals surface area contributed by atoms with E-state index in [1.165, 1.54) is 23.1 Å². The van der Waals surface area contributed by atoms with Gasteiger partial charge in [0.15, 0.2) is 0 Å². The maximum absolute atomic E-state index is 12.4. The summed E-state index contributed by atoms with van der Waals surface area (Å²) < 4.78 is 7.37. The van der Waals surface area contributed by atoms with Crippen molar-refractivity contribution in [3.8, 4) is 5.75 Å². The largest absolute Gasteiger partial charge is 0.493 e. The van der Waals surface area contributed by atoms with Gasteiger partial charge in [-0.2, -0.15) is 5.10 Å². The zero-order chi connectivity index (χ0) is 22.0. The lowest BCUT2D eigenvalue weighted by molar-refractivity contribution is 0.214. The van der Waals surface area contributed by atoms with Crippen LogP contribution in [0.25, 0.3) is 10.8 Å². The molecule has 2 atom stereocenters. The third-order valence-electron chi connectivity index (χ3n) is 6.37. The van der Waals surface area contributed by atoms with E-state index in [4.69, 9.17) is 4.74 Å². The molecular weight excluding hydrogens is 386 g/mol. The fourth-order valence-electron chi connectivity index (χ4n) is 4.48. The van der Waals surface area contributed by atoms with Crippen LogP contribution in [0.1, 0.15) is 43.5 Å². The highest BCUT2D eigenvalue weighted by Crippen LogP contribution is 2.33. The molecule has 164 valence electrons. The number of aromatic nitrogens is 2. The standard InChI is InChI=1S/C26H33N3O2/c1-18(9-16-24-22-7-5-6-8-23(22)26(30)29(4)27-24)25(28(2)3)20-12-14-21(15-13-20)31-17-19-10-11-19/h5-8,12-15,18-19,25H,9-11,16-17H2,1-4H3/t18-,25-/m1/s1. The van der Waals surface area contributed by atoms with Crippen LogP contribution in [0.15, 0.2) is 53.3 Å². The summed E-state index contributed by atoms with van der Waals surface area (Å²) in [5.74, 6) is 2.14.